The fourth-order valence-electron chi connectivity index (χ4n) is 0.930. The molecule has 1 heterocycles. The van der Waals surface area contributed by atoms with Crippen LogP contribution in [0.15, 0.2) is 12.4 Å². The van der Waals surface area contributed by atoms with Crippen molar-refractivity contribution in [1.82, 2.24) is 9.55 Å². The summed E-state index contributed by atoms with van der Waals surface area (Å²) in [6.07, 6.45) is 5.26. The second-order valence-corrected chi connectivity index (χ2v) is 2.97. The standard InChI is InChI=1S/C10H15N3/c1-3-9(11)5-4-6-10-12-7-8-13(10)2/h7-9H,3,6,11H2,1-2H3. The van der Waals surface area contributed by atoms with Crippen molar-refractivity contribution in [2.45, 2.75) is 25.8 Å². The summed E-state index contributed by atoms with van der Waals surface area (Å²) < 4.78 is 1.96. The van der Waals surface area contributed by atoms with E-state index in [2.05, 4.69) is 16.8 Å². The molecule has 3 nitrogen and oxygen atoms in total. The minimum absolute atomic E-state index is 0.000248. The van der Waals surface area contributed by atoms with Crippen LogP contribution in [0.3, 0.4) is 0 Å². The van der Waals surface area contributed by atoms with E-state index in [1.165, 1.54) is 0 Å². The van der Waals surface area contributed by atoms with Crippen LogP contribution < -0.4 is 5.73 Å². The van der Waals surface area contributed by atoms with E-state index < -0.39 is 0 Å². The second kappa shape index (κ2) is 4.68. The van der Waals surface area contributed by atoms with Crippen molar-refractivity contribution in [3.05, 3.63) is 18.2 Å². The summed E-state index contributed by atoms with van der Waals surface area (Å²) in [6.45, 7) is 2.03. The smallest absolute Gasteiger partial charge is 0.120 e. The highest BCUT2D eigenvalue weighted by atomic mass is 15.0. The summed E-state index contributed by atoms with van der Waals surface area (Å²) in [5.41, 5.74) is 5.65. The molecule has 0 saturated carbocycles. The molecule has 0 aliphatic heterocycles. The molecule has 3 heteroatoms. The first-order valence-corrected chi connectivity index (χ1v) is 4.44. The van der Waals surface area contributed by atoms with Gasteiger partial charge in [0.25, 0.3) is 0 Å². The molecule has 0 fully saturated rings. The van der Waals surface area contributed by atoms with Crippen molar-refractivity contribution in [2.24, 2.45) is 12.8 Å². The Kier molecular flexibility index (Phi) is 3.53. The first kappa shape index (κ1) is 9.82. The highest BCUT2D eigenvalue weighted by Crippen LogP contribution is 1.93. The third kappa shape index (κ3) is 2.92. The average Bonchev–Trinajstić information content (AvgIpc) is 2.52. The van der Waals surface area contributed by atoms with E-state index in [4.69, 9.17) is 5.73 Å². The molecule has 13 heavy (non-hydrogen) atoms. The molecule has 0 amide bonds. The maximum absolute atomic E-state index is 5.65. The van der Waals surface area contributed by atoms with Gasteiger partial charge in [-0.15, -0.1) is 0 Å². The van der Waals surface area contributed by atoms with Gasteiger partial charge in [0.05, 0.1) is 12.5 Å². The second-order valence-electron chi connectivity index (χ2n) is 2.97. The fourth-order valence-corrected chi connectivity index (χ4v) is 0.930. The molecule has 1 unspecified atom stereocenters. The average molecular weight is 177 g/mol. The Balaban J connectivity index is 2.50. The topological polar surface area (TPSA) is 43.8 Å². The van der Waals surface area contributed by atoms with Crippen molar-refractivity contribution < 1.29 is 0 Å². The molecule has 0 aromatic carbocycles. The summed E-state index contributed by atoms with van der Waals surface area (Å²) in [7, 11) is 1.96. The van der Waals surface area contributed by atoms with Crippen LogP contribution >= 0.6 is 0 Å². The van der Waals surface area contributed by atoms with Gasteiger partial charge in [0, 0.05) is 19.4 Å². The van der Waals surface area contributed by atoms with Crippen LogP contribution in [0.4, 0.5) is 0 Å². The van der Waals surface area contributed by atoms with E-state index in [0.717, 1.165) is 12.2 Å². The van der Waals surface area contributed by atoms with E-state index in [1.807, 2.05) is 24.7 Å². The quantitative estimate of drug-likeness (QED) is 0.676. The van der Waals surface area contributed by atoms with E-state index in [1.54, 1.807) is 6.20 Å². The van der Waals surface area contributed by atoms with E-state index >= 15 is 0 Å². The highest BCUT2D eigenvalue weighted by Gasteiger charge is 1.95. The van der Waals surface area contributed by atoms with Crippen molar-refractivity contribution >= 4 is 0 Å². The van der Waals surface area contributed by atoms with Gasteiger partial charge >= 0.3 is 0 Å². The largest absolute Gasteiger partial charge is 0.337 e. The van der Waals surface area contributed by atoms with Gasteiger partial charge in [0.1, 0.15) is 5.82 Å². The molecular weight excluding hydrogens is 162 g/mol. The normalized spacial score (nSPS) is 11.9. The van der Waals surface area contributed by atoms with E-state index in [-0.39, 0.29) is 6.04 Å². The lowest BCUT2D eigenvalue weighted by Crippen LogP contribution is -2.15. The third-order valence-corrected chi connectivity index (χ3v) is 1.89. The van der Waals surface area contributed by atoms with Crippen LogP contribution in [0.1, 0.15) is 19.2 Å². The van der Waals surface area contributed by atoms with E-state index in [0.29, 0.717) is 6.42 Å². The predicted octanol–water partition coefficient (Wildman–Crippen LogP) is 0.703. The molecule has 1 atom stereocenters. The number of nitrogens with two attached hydrogens (primary N) is 1. The Morgan fingerprint density at radius 3 is 3.00 bits per heavy atom. The van der Waals surface area contributed by atoms with Crippen LogP contribution in [-0.2, 0) is 13.5 Å². The summed E-state index contributed by atoms with van der Waals surface area (Å²) in [5.74, 6) is 6.98. The van der Waals surface area contributed by atoms with Crippen molar-refractivity contribution in [3.63, 3.8) is 0 Å². The number of rotatable bonds is 2. The van der Waals surface area contributed by atoms with Gasteiger partial charge in [0.15, 0.2) is 0 Å². The molecule has 0 spiro atoms. The molecule has 70 valence electrons. The van der Waals surface area contributed by atoms with Gasteiger partial charge in [-0.25, -0.2) is 4.98 Å². The maximum atomic E-state index is 5.65. The van der Waals surface area contributed by atoms with Gasteiger partial charge in [-0.2, -0.15) is 0 Å². The van der Waals surface area contributed by atoms with Crippen molar-refractivity contribution in [1.29, 1.82) is 0 Å². The van der Waals surface area contributed by atoms with Gasteiger partial charge in [0.2, 0.25) is 0 Å². The molecule has 0 aliphatic rings. The van der Waals surface area contributed by atoms with Crippen LogP contribution in [-0.4, -0.2) is 15.6 Å². The Bertz CT molecular complexity index is 316. The zero-order valence-corrected chi connectivity index (χ0v) is 8.12. The zero-order chi connectivity index (χ0) is 9.68. The Morgan fingerprint density at radius 2 is 2.46 bits per heavy atom. The minimum Gasteiger partial charge on any atom is -0.337 e. The predicted molar refractivity (Wildman–Crippen MR) is 53.0 cm³/mol. The molecule has 0 bridgehead atoms. The monoisotopic (exact) mass is 177 g/mol. The SMILES string of the molecule is CCC(N)C#CCc1nccn1C. The number of nitrogens with zero attached hydrogens (tertiary/aromatic N) is 2. The van der Waals surface area contributed by atoms with Crippen LogP contribution in [0.2, 0.25) is 0 Å². The fraction of sp³-hybridized carbons (Fsp3) is 0.500. The molecule has 0 saturated heterocycles. The first-order chi connectivity index (χ1) is 6.24. The Labute approximate surface area is 79.0 Å². The molecule has 0 radical (unpaired) electrons. The van der Waals surface area contributed by atoms with Gasteiger partial charge in [-0.05, 0) is 6.42 Å². The number of hydrogen-bond donors (Lipinski definition) is 1. The number of hydrogen-bond acceptors (Lipinski definition) is 2. The van der Waals surface area contributed by atoms with Gasteiger partial charge in [-0.3, -0.25) is 0 Å². The summed E-state index contributed by atoms with van der Waals surface area (Å²) in [4.78, 5) is 4.16. The minimum atomic E-state index is 0.000248. The Hall–Kier alpha value is -1.27. The first-order valence-electron chi connectivity index (χ1n) is 4.44. The molecular formula is C10H15N3. The lowest BCUT2D eigenvalue weighted by Gasteiger charge is -1.96. The van der Waals surface area contributed by atoms with Crippen LogP contribution in [0, 0.1) is 11.8 Å². The number of aromatic nitrogens is 2. The highest BCUT2D eigenvalue weighted by molar-refractivity contribution is 5.11. The molecule has 0 aliphatic carbocycles. The summed E-state index contributed by atoms with van der Waals surface area (Å²) in [6, 6.07) is 0.000248. The third-order valence-electron chi connectivity index (χ3n) is 1.89. The maximum Gasteiger partial charge on any atom is 0.120 e. The number of imidazole rings is 1. The summed E-state index contributed by atoms with van der Waals surface area (Å²) in [5, 5.41) is 0. The van der Waals surface area contributed by atoms with Crippen LogP contribution in [0.25, 0.3) is 0 Å². The lowest BCUT2D eigenvalue weighted by atomic mass is 10.2. The van der Waals surface area contributed by atoms with Crippen molar-refractivity contribution in [2.75, 3.05) is 0 Å². The zero-order valence-electron chi connectivity index (χ0n) is 8.12. The molecule has 1 aromatic rings. The van der Waals surface area contributed by atoms with Gasteiger partial charge in [-0.1, -0.05) is 18.8 Å². The molecule has 1 rings (SSSR count). The van der Waals surface area contributed by atoms with Gasteiger partial charge < -0.3 is 10.3 Å². The molecule has 2 N–H and O–H groups in total. The van der Waals surface area contributed by atoms with E-state index in [9.17, 15) is 0 Å². The van der Waals surface area contributed by atoms with Crippen molar-refractivity contribution in [3.8, 4) is 11.8 Å². The number of aryl methyl sites for hydroxylation is 1. The lowest BCUT2D eigenvalue weighted by molar-refractivity contribution is 0.802. The molecule has 1 aromatic heterocycles. The van der Waals surface area contributed by atoms with Crippen LogP contribution in [0.5, 0.6) is 0 Å². The summed E-state index contributed by atoms with van der Waals surface area (Å²) >= 11 is 0. The Morgan fingerprint density at radius 1 is 1.69 bits per heavy atom.